The van der Waals surface area contributed by atoms with Gasteiger partial charge < -0.3 is 10.6 Å². The number of likely N-dealkylation sites (N-methyl/N-ethyl adjacent to an activating group) is 1. The number of carbonyl (C=O) groups excluding carboxylic acids is 1. The van der Waals surface area contributed by atoms with E-state index in [-0.39, 0.29) is 17.8 Å². The van der Waals surface area contributed by atoms with E-state index in [9.17, 15) is 9.18 Å². The summed E-state index contributed by atoms with van der Waals surface area (Å²) in [4.78, 5) is 14.0. The molecule has 0 saturated heterocycles. The highest BCUT2D eigenvalue weighted by Crippen LogP contribution is 2.34. The quantitative estimate of drug-likeness (QED) is 0.887. The molecule has 3 nitrogen and oxygen atoms in total. The van der Waals surface area contributed by atoms with Gasteiger partial charge in [0.25, 0.3) is 5.91 Å². The molecule has 0 radical (unpaired) electrons. The van der Waals surface area contributed by atoms with E-state index in [4.69, 9.17) is 5.73 Å². The number of halogens is 1. The van der Waals surface area contributed by atoms with Crippen molar-refractivity contribution in [3.63, 3.8) is 0 Å². The number of carbonyl (C=O) groups is 1. The van der Waals surface area contributed by atoms with Gasteiger partial charge in [-0.2, -0.15) is 0 Å². The lowest BCUT2D eigenvalue weighted by Crippen LogP contribution is -2.43. The third-order valence-corrected chi connectivity index (χ3v) is 3.63. The van der Waals surface area contributed by atoms with E-state index in [2.05, 4.69) is 0 Å². The molecular weight excluding hydrogens is 231 g/mol. The minimum atomic E-state index is -0.285. The number of aryl methyl sites for hydroxylation is 1. The van der Waals surface area contributed by atoms with Gasteiger partial charge in [0.1, 0.15) is 5.82 Å². The molecule has 1 amide bonds. The predicted octanol–water partition coefficient (Wildman–Crippen LogP) is 1.94. The van der Waals surface area contributed by atoms with Gasteiger partial charge >= 0.3 is 0 Å². The van der Waals surface area contributed by atoms with E-state index in [1.54, 1.807) is 24.9 Å². The second-order valence-corrected chi connectivity index (χ2v) is 5.02. The number of benzene rings is 1. The summed E-state index contributed by atoms with van der Waals surface area (Å²) in [6.45, 7) is 2.14. The minimum Gasteiger partial charge on any atom is -0.337 e. The molecule has 0 spiro atoms. The summed E-state index contributed by atoms with van der Waals surface area (Å²) in [5.74, 6) is 0.165. The Morgan fingerprint density at radius 3 is 2.72 bits per heavy atom. The van der Waals surface area contributed by atoms with Crippen molar-refractivity contribution in [1.29, 1.82) is 0 Å². The van der Waals surface area contributed by atoms with Crippen LogP contribution in [0.3, 0.4) is 0 Å². The molecule has 2 N–H and O–H groups in total. The number of nitrogens with zero attached hydrogens (tertiary/aromatic N) is 1. The van der Waals surface area contributed by atoms with Crippen molar-refractivity contribution >= 4 is 5.91 Å². The Morgan fingerprint density at radius 1 is 1.56 bits per heavy atom. The standard InChI is InChI=1S/C14H19FN2O/c1-9-7-11(5-6-12(9)15)14(18)17(2)13(8-16)10-3-4-10/h5-7,10,13H,3-4,8,16H2,1-2H3. The molecule has 4 heteroatoms. The van der Waals surface area contributed by atoms with Crippen molar-refractivity contribution in [1.82, 2.24) is 4.90 Å². The van der Waals surface area contributed by atoms with Gasteiger partial charge in [0.2, 0.25) is 0 Å². The summed E-state index contributed by atoms with van der Waals surface area (Å²) in [6, 6.07) is 4.56. The van der Waals surface area contributed by atoms with E-state index in [1.165, 1.54) is 12.1 Å². The molecule has 18 heavy (non-hydrogen) atoms. The molecule has 1 unspecified atom stereocenters. The van der Waals surface area contributed by atoms with Crippen LogP contribution in [-0.4, -0.2) is 30.4 Å². The number of hydrogen-bond donors (Lipinski definition) is 1. The molecule has 1 aliphatic carbocycles. The lowest BCUT2D eigenvalue weighted by atomic mass is 10.1. The highest BCUT2D eigenvalue weighted by molar-refractivity contribution is 5.94. The van der Waals surface area contributed by atoms with E-state index < -0.39 is 0 Å². The van der Waals surface area contributed by atoms with Crippen LogP contribution in [0.25, 0.3) is 0 Å². The van der Waals surface area contributed by atoms with Crippen LogP contribution in [0.2, 0.25) is 0 Å². The number of rotatable bonds is 4. The molecule has 0 aromatic heterocycles. The molecule has 2 rings (SSSR count). The summed E-state index contributed by atoms with van der Waals surface area (Å²) in [5.41, 5.74) is 6.74. The zero-order valence-corrected chi connectivity index (χ0v) is 10.8. The summed E-state index contributed by atoms with van der Waals surface area (Å²) in [7, 11) is 1.77. The Labute approximate surface area is 107 Å². The maximum Gasteiger partial charge on any atom is 0.253 e. The zero-order valence-electron chi connectivity index (χ0n) is 10.8. The highest BCUT2D eigenvalue weighted by Gasteiger charge is 2.35. The largest absolute Gasteiger partial charge is 0.337 e. The molecule has 0 aliphatic heterocycles. The monoisotopic (exact) mass is 250 g/mol. The first-order chi connectivity index (χ1) is 8.54. The molecule has 1 aromatic carbocycles. The molecule has 0 heterocycles. The molecule has 1 fully saturated rings. The third-order valence-electron chi connectivity index (χ3n) is 3.63. The number of hydrogen-bond acceptors (Lipinski definition) is 2. The first-order valence-electron chi connectivity index (χ1n) is 6.28. The van der Waals surface area contributed by atoms with E-state index in [0.29, 0.717) is 23.6 Å². The molecular formula is C14H19FN2O. The average Bonchev–Trinajstić information content (AvgIpc) is 3.17. The van der Waals surface area contributed by atoms with Crippen molar-refractivity contribution in [3.05, 3.63) is 35.1 Å². The topological polar surface area (TPSA) is 46.3 Å². The molecule has 1 atom stereocenters. The van der Waals surface area contributed by atoms with E-state index in [1.807, 2.05) is 0 Å². The van der Waals surface area contributed by atoms with Gasteiger partial charge in [0.05, 0.1) is 0 Å². The fourth-order valence-corrected chi connectivity index (χ4v) is 2.28. The van der Waals surface area contributed by atoms with Crippen LogP contribution in [-0.2, 0) is 0 Å². The van der Waals surface area contributed by atoms with Crippen molar-refractivity contribution in [2.24, 2.45) is 11.7 Å². The Kier molecular flexibility index (Phi) is 3.66. The zero-order chi connectivity index (χ0) is 13.3. The van der Waals surface area contributed by atoms with Crippen LogP contribution in [0, 0.1) is 18.7 Å². The second kappa shape index (κ2) is 5.06. The van der Waals surface area contributed by atoms with Crippen LogP contribution < -0.4 is 5.73 Å². The molecule has 1 saturated carbocycles. The van der Waals surface area contributed by atoms with Crippen LogP contribution >= 0.6 is 0 Å². The maximum absolute atomic E-state index is 13.2. The maximum atomic E-state index is 13.2. The Bertz CT molecular complexity index is 457. The van der Waals surface area contributed by atoms with E-state index >= 15 is 0 Å². The second-order valence-electron chi connectivity index (χ2n) is 5.02. The van der Waals surface area contributed by atoms with Gasteiger partial charge in [-0.05, 0) is 49.4 Å². The van der Waals surface area contributed by atoms with Gasteiger partial charge in [-0.15, -0.1) is 0 Å². The SMILES string of the molecule is Cc1cc(C(=O)N(C)C(CN)C2CC2)ccc1F. The smallest absolute Gasteiger partial charge is 0.253 e. The van der Waals surface area contributed by atoms with Gasteiger partial charge in [-0.3, -0.25) is 4.79 Å². The van der Waals surface area contributed by atoms with Crippen molar-refractivity contribution in [2.45, 2.75) is 25.8 Å². The number of amides is 1. The first kappa shape index (κ1) is 13.0. The van der Waals surface area contributed by atoms with Gasteiger partial charge in [-0.25, -0.2) is 4.39 Å². The summed E-state index contributed by atoms with van der Waals surface area (Å²) in [6.07, 6.45) is 2.28. The average molecular weight is 250 g/mol. The van der Waals surface area contributed by atoms with E-state index in [0.717, 1.165) is 12.8 Å². The Balaban J connectivity index is 2.16. The van der Waals surface area contributed by atoms with Crippen molar-refractivity contribution in [2.75, 3.05) is 13.6 Å². The third kappa shape index (κ3) is 2.53. The molecule has 1 aliphatic rings. The Morgan fingerprint density at radius 2 is 2.22 bits per heavy atom. The van der Waals surface area contributed by atoms with Gasteiger partial charge in [0.15, 0.2) is 0 Å². The predicted molar refractivity (Wildman–Crippen MR) is 68.8 cm³/mol. The van der Waals surface area contributed by atoms with Crippen LogP contribution in [0.1, 0.15) is 28.8 Å². The van der Waals surface area contributed by atoms with Crippen LogP contribution in [0.4, 0.5) is 4.39 Å². The van der Waals surface area contributed by atoms with Crippen LogP contribution in [0.15, 0.2) is 18.2 Å². The fourth-order valence-electron chi connectivity index (χ4n) is 2.28. The van der Waals surface area contributed by atoms with Crippen molar-refractivity contribution < 1.29 is 9.18 Å². The lowest BCUT2D eigenvalue weighted by Gasteiger charge is -2.27. The molecule has 1 aromatic rings. The fraction of sp³-hybridized carbons (Fsp3) is 0.500. The molecule has 0 bridgehead atoms. The summed E-state index contributed by atoms with van der Waals surface area (Å²) >= 11 is 0. The number of nitrogens with two attached hydrogens (primary N) is 1. The normalized spacial score (nSPS) is 16.4. The summed E-state index contributed by atoms with van der Waals surface area (Å²) in [5, 5.41) is 0. The lowest BCUT2D eigenvalue weighted by molar-refractivity contribution is 0.0718. The Hall–Kier alpha value is -1.42. The first-order valence-corrected chi connectivity index (χ1v) is 6.28. The minimum absolute atomic E-state index is 0.0829. The molecule has 98 valence electrons. The van der Waals surface area contributed by atoms with Gasteiger partial charge in [0, 0.05) is 25.2 Å². The van der Waals surface area contributed by atoms with Gasteiger partial charge in [-0.1, -0.05) is 0 Å². The van der Waals surface area contributed by atoms with Crippen molar-refractivity contribution in [3.8, 4) is 0 Å². The highest BCUT2D eigenvalue weighted by atomic mass is 19.1. The summed E-state index contributed by atoms with van der Waals surface area (Å²) < 4.78 is 13.2. The van der Waals surface area contributed by atoms with Crippen LogP contribution in [0.5, 0.6) is 0 Å².